The van der Waals surface area contributed by atoms with Gasteiger partial charge in [-0.25, -0.2) is 8.42 Å². The number of carboxylic acids is 1. The van der Waals surface area contributed by atoms with Crippen molar-refractivity contribution in [2.75, 3.05) is 16.4 Å². The first kappa shape index (κ1) is 18.9. The van der Waals surface area contributed by atoms with Gasteiger partial charge in [0.15, 0.2) is 15.0 Å². The van der Waals surface area contributed by atoms with Gasteiger partial charge in [-0.1, -0.05) is 30.0 Å². The lowest BCUT2D eigenvalue weighted by atomic mass is 10.1. The van der Waals surface area contributed by atoms with Gasteiger partial charge in [-0.15, -0.1) is 0 Å². The highest BCUT2D eigenvalue weighted by molar-refractivity contribution is 8.16. The Hall–Kier alpha value is -1.87. The molecular formula is C17H20N2O5S2. The molecule has 0 bridgehead atoms. The molecule has 3 rings (SSSR count). The zero-order valence-corrected chi connectivity index (χ0v) is 16.1. The van der Waals surface area contributed by atoms with Crippen molar-refractivity contribution < 1.29 is 23.1 Å². The second kappa shape index (κ2) is 7.03. The van der Waals surface area contributed by atoms with E-state index in [-0.39, 0.29) is 35.6 Å². The van der Waals surface area contributed by atoms with Gasteiger partial charge in [0.1, 0.15) is 0 Å². The molecule has 2 heterocycles. The summed E-state index contributed by atoms with van der Waals surface area (Å²) >= 11 is 1.29. The lowest BCUT2D eigenvalue weighted by molar-refractivity contribution is -0.138. The number of carboxylic acid groups (broad SMARTS) is 1. The van der Waals surface area contributed by atoms with Gasteiger partial charge in [0.2, 0.25) is 5.91 Å². The highest BCUT2D eigenvalue weighted by atomic mass is 32.2. The van der Waals surface area contributed by atoms with Crippen LogP contribution in [0.15, 0.2) is 23.2 Å². The lowest BCUT2D eigenvalue weighted by Crippen LogP contribution is -2.38. The van der Waals surface area contributed by atoms with Crippen LogP contribution < -0.4 is 4.90 Å². The predicted octanol–water partition coefficient (Wildman–Crippen LogP) is 1.77. The summed E-state index contributed by atoms with van der Waals surface area (Å²) in [6, 6.07) is 5.53. The Morgan fingerprint density at radius 2 is 1.88 bits per heavy atom. The maximum absolute atomic E-state index is 12.1. The molecule has 1 amide bonds. The molecule has 1 aromatic carbocycles. The van der Waals surface area contributed by atoms with Crippen molar-refractivity contribution in [1.82, 2.24) is 0 Å². The van der Waals surface area contributed by atoms with Crippen molar-refractivity contribution in [2.45, 2.75) is 38.0 Å². The van der Waals surface area contributed by atoms with Gasteiger partial charge in [-0.2, -0.15) is 4.99 Å². The third-order valence-electron chi connectivity index (χ3n) is 4.52. The minimum absolute atomic E-state index is 0.0285. The van der Waals surface area contributed by atoms with E-state index >= 15 is 0 Å². The number of carbonyl (C=O) groups is 2. The molecule has 2 aliphatic rings. The number of para-hydroxylation sites is 1. The first-order valence-corrected chi connectivity index (χ1v) is 10.9. The zero-order valence-electron chi connectivity index (χ0n) is 14.5. The number of anilines is 1. The molecule has 2 fully saturated rings. The van der Waals surface area contributed by atoms with Crippen LogP contribution in [0.1, 0.15) is 24.0 Å². The molecule has 140 valence electrons. The highest BCUT2D eigenvalue weighted by Crippen LogP contribution is 2.43. The van der Waals surface area contributed by atoms with Crippen LogP contribution in [0.4, 0.5) is 5.69 Å². The van der Waals surface area contributed by atoms with Gasteiger partial charge in [0.05, 0.1) is 24.0 Å². The van der Waals surface area contributed by atoms with Crippen molar-refractivity contribution in [2.24, 2.45) is 4.99 Å². The van der Waals surface area contributed by atoms with E-state index in [2.05, 4.69) is 4.99 Å². The summed E-state index contributed by atoms with van der Waals surface area (Å²) in [5.41, 5.74) is 2.82. The number of amides is 1. The molecule has 2 saturated heterocycles. The van der Waals surface area contributed by atoms with Crippen LogP contribution in [-0.2, 0) is 19.4 Å². The summed E-state index contributed by atoms with van der Waals surface area (Å²) in [5, 5.41) is 9.02. The molecule has 1 N–H and O–H groups in total. The molecule has 7 nitrogen and oxygen atoms in total. The van der Waals surface area contributed by atoms with Crippen molar-refractivity contribution in [3.8, 4) is 0 Å². The largest absolute Gasteiger partial charge is 0.481 e. The van der Waals surface area contributed by atoms with E-state index in [1.54, 1.807) is 0 Å². The topological polar surface area (TPSA) is 104 Å². The second-order valence-electron chi connectivity index (χ2n) is 6.59. The SMILES string of the molecule is Cc1cccc(C)c1N1C(=NC(=O)CCC(=O)O)S[C@H]2CS(=O)(=O)C[C@@H]21. The summed E-state index contributed by atoms with van der Waals surface area (Å²) in [6.45, 7) is 3.88. The van der Waals surface area contributed by atoms with Crippen molar-refractivity contribution in [3.63, 3.8) is 0 Å². The fourth-order valence-corrected chi connectivity index (χ4v) is 7.31. The van der Waals surface area contributed by atoms with Gasteiger partial charge in [-0.3, -0.25) is 9.59 Å². The van der Waals surface area contributed by atoms with Crippen LogP contribution in [0, 0.1) is 13.8 Å². The Bertz CT molecular complexity index is 874. The lowest BCUT2D eigenvalue weighted by Gasteiger charge is -2.27. The maximum atomic E-state index is 12.1. The highest BCUT2D eigenvalue weighted by Gasteiger charge is 2.49. The average molecular weight is 396 g/mol. The summed E-state index contributed by atoms with van der Waals surface area (Å²) in [7, 11) is -3.13. The number of aliphatic imine (C=N–C) groups is 1. The van der Waals surface area contributed by atoms with Gasteiger partial charge in [-0.05, 0) is 25.0 Å². The summed E-state index contributed by atoms with van der Waals surface area (Å²) in [5.74, 6) is -1.46. The maximum Gasteiger partial charge on any atom is 0.303 e. The van der Waals surface area contributed by atoms with E-state index in [0.29, 0.717) is 5.17 Å². The van der Waals surface area contributed by atoms with E-state index in [1.165, 1.54) is 11.8 Å². The number of hydrogen-bond donors (Lipinski definition) is 1. The predicted molar refractivity (Wildman–Crippen MR) is 102 cm³/mol. The molecule has 2 aliphatic heterocycles. The number of nitrogens with zero attached hydrogens (tertiary/aromatic N) is 2. The molecule has 0 aliphatic carbocycles. The minimum atomic E-state index is -3.13. The zero-order chi connectivity index (χ0) is 19.1. The van der Waals surface area contributed by atoms with Gasteiger partial charge in [0.25, 0.3) is 0 Å². The standard InChI is InChI=1S/C17H20N2O5S2/c1-10-4-3-5-11(2)16(10)19-12-8-26(23,24)9-13(12)25-17(19)18-14(20)6-7-15(21)22/h3-5,12-13H,6-9H2,1-2H3,(H,21,22)/t12-,13-/m0/s1. The normalized spacial score (nSPS) is 25.5. The summed E-state index contributed by atoms with van der Waals surface area (Å²) in [6.07, 6.45) is -0.446. The molecule has 0 spiro atoms. The molecule has 0 unspecified atom stereocenters. The number of carbonyl (C=O) groups excluding carboxylic acids is 1. The number of thioether (sulfide) groups is 1. The number of aliphatic carboxylic acids is 1. The number of hydrogen-bond acceptors (Lipinski definition) is 5. The van der Waals surface area contributed by atoms with E-state index < -0.39 is 21.7 Å². The smallest absolute Gasteiger partial charge is 0.303 e. The number of sulfone groups is 1. The number of benzene rings is 1. The van der Waals surface area contributed by atoms with E-state index in [4.69, 9.17) is 5.11 Å². The second-order valence-corrected chi connectivity index (χ2v) is 9.95. The van der Waals surface area contributed by atoms with Gasteiger partial charge in [0, 0.05) is 17.4 Å². The van der Waals surface area contributed by atoms with E-state index in [9.17, 15) is 18.0 Å². The van der Waals surface area contributed by atoms with Crippen LogP contribution >= 0.6 is 11.8 Å². The molecule has 26 heavy (non-hydrogen) atoms. The Labute approximate surface area is 156 Å². The first-order valence-electron chi connectivity index (χ1n) is 8.24. The first-order chi connectivity index (χ1) is 12.2. The number of rotatable bonds is 4. The monoisotopic (exact) mass is 396 g/mol. The Morgan fingerprint density at radius 1 is 1.23 bits per heavy atom. The average Bonchev–Trinajstić information content (AvgIpc) is 2.97. The molecule has 0 saturated carbocycles. The van der Waals surface area contributed by atoms with Gasteiger partial charge < -0.3 is 10.0 Å². The van der Waals surface area contributed by atoms with Crippen LogP contribution in [-0.4, -0.2) is 53.4 Å². The number of amidine groups is 1. The van der Waals surface area contributed by atoms with Gasteiger partial charge >= 0.3 is 5.97 Å². The third kappa shape index (κ3) is 3.78. The Kier molecular flexibility index (Phi) is 5.12. The van der Waals surface area contributed by atoms with E-state index in [1.807, 2.05) is 36.9 Å². The summed E-state index contributed by atoms with van der Waals surface area (Å²) < 4.78 is 24.2. The fraction of sp³-hybridized carbons (Fsp3) is 0.471. The molecule has 0 aromatic heterocycles. The molecule has 1 aromatic rings. The van der Waals surface area contributed by atoms with Crippen molar-refractivity contribution in [1.29, 1.82) is 0 Å². The van der Waals surface area contributed by atoms with Crippen LogP contribution in [0.5, 0.6) is 0 Å². The Balaban J connectivity index is 1.99. The van der Waals surface area contributed by atoms with Crippen molar-refractivity contribution >= 4 is 44.3 Å². The van der Waals surface area contributed by atoms with Crippen LogP contribution in [0.2, 0.25) is 0 Å². The number of aryl methyl sites for hydroxylation is 2. The van der Waals surface area contributed by atoms with E-state index in [0.717, 1.165) is 16.8 Å². The minimum Gasteiger partial charge on any atom is -0.481 e. The number of fused-ring (bicyclic) bond motifs is 1. The molecular weight excluding hydrogens is 376 g/mol. The quantitative estimate of drug-likeness (QED) is 0.827. The Morgan fingerprint density at radius 3 is 2.50 bits per heavy atom. The molecule has 9 heteroatoms. The van der Waals surface area contributed by atoms with Crippen LogP contribution in [0.25, 0.3) is 0 Å². The summed E-state index contributed by atoms with van der Waals surface area (Å²) in [4.78, 5) is 28.7. The molecule has 0 radical (unpaired) electrons. The van der Waals surface area contributed by atoms with Crippen LogP contribution in [0.3, 0.4) is 0 Å². The fourth-order valence-electron chi connectivity index (χ4n) is 3.39. The third-order valence-corrected chi connectivity index (χ3v) is 7.73. The van der Waals surface area contributed by atoms with Crippen molar-refractivity contribution in [3.05, 3.63) is 29.3 Å². The molecule has 2 atom stereocenters.